The van der Waals surface area contributed by atoms with Crippen LogP contribution in [0.3, 0.4) is 0 Å². The molecule has 0 aliphatic carbocycles. The summed E-state index contributed by atoms with van der Waals surface area (Å²) in [4.78, 5) is 11.8. The van der Waals surface area contributed by atoms with E-state index >= 15 is 0 Å². The molecular weight excluding hydrogens is 310 g/mol. The van der Waals surface area contributed by atoms with Crippen LogP contribution in [-0.4, -0.2) is 11.0 Å². The first kappa shape index (κ1) is 17.0. The summed E-state index contributed by atoms with van der Waals surface area (Å²) in [5.74, 6) is 0.495. The Labute approximate surface area is 148 Å². The van der Waals surface area contributed by atoms with Crippen LogP contribution >= 0.6 is 0 Å². The molecule has 3 nitrogen and oxygen atoms in total. The summed E-state index contributed by atoms with van der Waals surface area (Å²) in [5.41, 5.74) is 2.92. The molecule has 0 spiro atoms. The maximum absolute atomic E-state index is 11.8. The molecule has 3 rings (SSSR count). The van der Waals surface area contributed by atoms with Crippen molar-refractivity contribution in [3.8, 4) is 5.75 Å². The van der Waals surface area contributed by atoms with Crippen molar-refractivity contribution < 1.29 is 9.90 Å². The van der Waals surface area contributed by atoms with Crippen molar-refractivity contribution in [2.24, 2.45) is 0 Å². The Morgan fingerprint density at radius 1 is 0.920 bits per heavy atom. The number of phenolic OH excluding ortho intramolecular Hbond substituents is 1. The molecule has 0 saturated carbocycles. The summed E-state index contributed by atoms with van der Waals surface area (Å²) in [6.07, 6.45) is 0. The Morgan fingerprint density at radius 3 is 2.20 bits per heavy atom. The van der Waals surface area contributed by atoms with Gasteiger partial charge in [-0.15, -0.1) is 0 Å². The van der Waals surface area contributed by atoms with Gasteiger partial charge in [-0.05, 0) is 33.9 Å². The van der Waals surface area contributed by atoms with Crippen LogP contribution in [0.4, 0.5) is 0 Å². The molecule has 0 aliphatic rings. The minimum Gasteiger partial charge on any atom is -0.508 e. The SMILES string of the molecule is CC(=O)N[C@@H](c1ccc(C(C)C)cc1)c1c(O)ccc2ccccc12. The van der Waals surface area contributed by atoms with Crippen molar-refractivity contribution in [1.82, 2.24) is 5.32 Å². The molecule has 0 saturated heterocycles. The summed E-state index contributed by atoms with van der Waals surface area (Å²) in [5, 5.41) is 15.5. The number of amides is 1. The van der Waals surface area contributed by atoms with Gasteiger partial charge in [0.15, 0.2) is 0 Å². The number of fused-ring (bicyclic) bond motifs is 1. The number of hydrogen-bond donors (Lipinski definition) is 2. The lowest BCUT2D eigenvalue weighted by Crippen LogP contribution is -2.27. The predicted molar refractivity (Wildman–Crippen MR) is 102 cm³/mol. The van der Waals surface area contributed by atoms with Crippen LogP contribution < -0.4 is 5.32 Å². The maximum Gasteiger partial charge on any atom is 0.217 e. The molecule has 0 aromatic heterocycles. The van der Waals surface area contributed by atoms with Gasteiger partial charge in [-0.1, -0.05) is 68.4 Å². The second kappa shape index (κ2) is 6.98. The molecule has 3 heteroatoms. The molecule has 0 heterocycles. The van der Waals surface area contributed by atoms with E-state index in [1.54, 1.807) is 6.07 Å². The quantitative estimate of drug-likeness (QED) is 0.714. The molecule has 0 radical (unpaired) electrons. The highest BCUT2D eigenvalue weighted by Gasteiger charge is 2.21. The molecule has 0 bridgehead atoms. The van der Waals surface area contributed by atoms with E-state index in [9.17, 15) is 9.90 Å². The van der Waals surface area contributed by atoms with Crippen LogP contribution in [-0.2, 0) is 4.79 Å². The van der Waals surface area contributed by atoms with Crippen molar-refractivity contribution in [3.05, 3.63) is 77.4 Å². The third-order valence-corrected chi connectivity index (χ3v) is 4.52. The fraction of sp³-hybridized carbons (Fsp3) is 0.227. The minimum absolute atomic E-state index is 0.134. The molecule has 0 fully saturated rings. The maximum atomic E-state index is 11.8. The Bertz CT molecular complexity index is 898. The average molecular weight is 333 g/mol. The number of hydrogen-bond acceptors (Lipinski definition) is 2. The molecular formula is C22H23NO2. The highest BCUT2D eigenvalue weighted by Crippen LogP contribution is 2.36. The zero-order chi connectivity index (χ0) is 18.0. The van der Waals surface area contributed by atoms with Crippen LogP contribution in [0.2, 0.25) is 0 Å². The molecule has 0 unspecified atom stereocenters. The first-order valence-electron chi connectivity index (χ1n) is 8.55. The van der Waals surface area contributed by atoms with E-state index in [0.717, 1.165) is 21.9 Å². The summed E-state index contributed by atoms with van der Waals surface area (Å²) < 4.78 is 0. The van der Waals surface area contributed by atoms with E-state index in [0.29, 0.717) is 5.92 Å². The van der Waals surface area contributed by atoms with E-state index in [-0.39, 0.29) is 11.7 Å². The predicted octanol–water partition coefficient (Wildman–Crippen LogP) is 4.89. The monoisotopic (exact) mass is 333 g/mol. The van der Waals surface area contributed by atoms with E-state index in [1.165, 1.54) is 12.5 Å². The molecule has 3 aromatic carbocycles. The second-order valence-electron chi connectivity index (χ2n) is 6.67. The first-order chi connectivity index (χ1) is 12.0. The first-order valence-corrected chi connectivity index (χ1v) is 8.55. The van der Waals surface area contributed by atoms with Crippen molar-refractivity contribution in [3.63, 3.8) is 0 Å². The summed E-state index contributed by atoms with van der Waals surface area (Å²) in [7, 11) is 0. The number of nitrogens with one attached hydrogen (secondary N) is 1. The lowest BCUT2D eigenvalue weighted by molar-refractivity contribution is -0.119. The lowest BCUT2D eigenvalue weighted by atomic mass is 9.91. The number of carbonyl (C=O) groups excluding carboxylic acids is 1. The fourth-order valence-electron chi connectivity index (χ4n) is 3.19. The van der Waals surface area contributed by atoms with Gasteiger partial charge in [0.05, 0.1) is 6.04 Å². The Hall–Kier alpha value is -2.81. The van der Waals surface area contributed by atoms with Crippen molar-refractivity contribution >= 4 is 16.7 Å². The van der Waals surface area contributed by atoms with E-state index < -0.39 is 6.04 Å². The van der Waals surface area contributed by atoms with Crippen LogP contribution in [0.1, 0.15) is 49.4 Å². The smallest absolute Gasteiger partial charge is 0.217 e. The van der Waals surface area contributed by atoms with Crippen LogP contribution in [0.25, 0.3) is 10.8 Å². The van der Waals surface area contributed by atoms with Crippen molar-refractivity contribution in [1.29, 1.82) is 0 Å². The topological polar surface area (TPSA) is 49.3 Å². The van der Waals surface area contributed by atoms with Gasteiger partial charge in [-0.2, -0.15) is 0 Å². The van der Waals surface area contributed by atoms with Gasteiger partial charge in [0.1, 0.15) is 5.75 Å². The number of aromatic hydroxyl groups is 1. The standard InChI is InChI=1S/C22H23NO2/c1-14(2)16-8-10-18(11-9-16)22(23-15(3)24)21-19-7-5-4-6-17(19)12-13-20(21)25/h4-14,22,25H,1-3H3,(H,23,24)/t22-/m0/s1. The van der Waals surface area contributed by atoms with Crippen molar-refractivity contribution in [2.75, 3.05) is 0 Å². The molecule has 3 aromatic rings. The Morgan fingerprint density at radius 2 is 1.56 bits per heavy atom. The van der Waals surface area contributed by atoms with Crippen LogP contribution in [0.15, 0.2) is 60.7 Å². The molecule has 2 N–H and O–H groups in total. The zero-order valence-corrected chi connectivity index (χ0v) is 14.8. The molecule has 128 valence electrons. The highest BCUT2D eigenvalue weighted by atomic mass is 16.3. The van der Waals surface area contributed by atoms with Gasteiger partial charge in [0, 0.05) is 12.5 Å². The van der Waals surface area contributed by atoms with Gasteiger partial charge in [-0.3, -0.25) is 4.79 Å². The van der Waals surface area contributed by atoms with Gasteiger partial charge in [0.2, 0.25) is 5.91 Å². The van der Waals surface area contributed by atoms with E-state index in [2.05, 4.69) is 31.3 Å². The fourth-order valence-corrected chi connectivity index (χ4v) is 3.19. The van der Waals surface area contributed by atoms with Gasteiger partial charge in [-0.25, -0.2) is 0 Å². The Balaban J connectivity index is 2.17. The normalized spacial score (nSPS) is 12.3. The summed E-state index contributed by atoms with van der Waals surface area (Å²) in [6.45, 7) is 5.80. The molecule has 0 aliphatic heterocycles. The van der Waals surface area contributed by atoms with Crippen LogP contribution in [0.5, 0.6) is 5.75 Å². The van der Waals surface area contributed by atoms with Crippen molar-refractivity contribution in [2.45, 2.75) is 32.7 Å². The summed E-state index contributed by atoms with van der Waals surface area (Å²) in [6, 6.07) is 19.3. The van der Waals surface area contributed by atoms with Gasteiger partial charge in [0.25, 0.3) is 0 Å². The summed E-state index contributed by atoms with van der Waals surface area (Å²) >= 11 is 0. The number of phenols is 1. The molecule has 1 atom stereocenters. The average Bonchev–Trinajstić information content (AvgIpc) is 2.60. The molecule has 25 heavy (non-hydrogen) atoms. The third-order valence-electron chi connectivity index (χ3n) is 4.52. The highest BCUT2D eigenvalue weighted by molar-refractivity contribution is 5.89. The number of rotatable bonds is 4. The van der Waals surface area contributed by atoms with E-state index in [4.69, 9.17) is 0 Å². The van der Waals surface area contributed by atoms with Gasteiger partial charge >= 0.3 is 0 Å². The lowest BCUT2D eigenvalue weighted by Gasteiger charge is -2.22. The second-order valence-corrected chi connectivity index (χ2v) is 6.67. The van der Waals surface area contributed by atoms with E-state index in [1.807, 2.05) is 42.5 Å². The number of carbonyl (C=O) groups is 1. The molecule has 1 amide bonds. The number of benzene rings is 3. The zero-order valence-electron chi connectivity index (χ0n) is 14.8. The largest absolute Gasteiger partial charge is 0.508 e. The minimum atomic E-state index is -0.398. The Kier molecular flexibility index (Phi) is 4.75. The van der Waals surface area contributed by atoms with Gasteiger partial charge < -0.3 is 10.4 Å². The third kappa shape index (κ3) is 3.50. The van der Waals surface area contributed by atoms with Crippen LogP contribution in [0, 0.1) is 0 Å².